The number of aryl methyl sites for hydroxylation is 1. The standard InChI is InChI=1S/C15H17ClFN5OS/c1-10-13(9-19-20-15(24)18-7-8-23-2)14(16)22(21-10)12-5-3-11(17)4-6-12/h3-6,9H,7-8H2,1-2H3,(H2,18,20,24)/b19-9-. The van der Waals surface area contributed by atoms with Crippen LogP contribution >= 0.6 is 23.8 Å². The largest absolute Gasteiger partial charge is 0.383 e. The summed E-state index contributed by atoms with van der Waals surface area (Å²) in [5, 5.41) is 12.1. The maximum absolute atomic E-state index is 13.0. The smallest absolute Gasteiger partial charge is 0.187 e. The summed E-state index contributed by atoms with van der Waals surface area (Å²) in [6.45, 7) is 2.93. The Morgan fingerprint density at radius 1 is 1.46 bits per heavy atom. The molecule has 9 heteroatoms. The van der Waals surface area contributed by atoms with E-state index in [1.54, 1.807) is 19.2 Å². The molecule has 0 fully saturated rings. The maximum atomic E-state index is 13.0. The number of benzene rings is 1. The number of methoxy groups -OCH3 is 1. The minimum atomic E-state index is -0.320. The van der Waals surface area contributed by atoms with Crippen LogP contribution in [-0.2, 0) is 4.74 Å². The van der Waals surface area contributed by atoms with Gasteiger partial charge in [0.1, 0.15) is 11.0 Å². The lowest BCUT2D eigenvalue weighted by Gasteiger charge is -2.05. The van der Waals surface area contributed by atoms with E-state index in [-0.39, 0.29) is 5.82 Å². The molecule has 0 unspecified atom stereocenters. The van der Waals surface area contributed by atoms with Crippen molar-refractivity contribution in [1.29, 1.82) is 0 Å². The van der Waals surface area contributed by atoms with Crippen LogP contribution in [0, 0.1) is 12.7 Å². The number of hydrogen-bond donors (Lipinski definition) is 2. The van der Waals surface area contributed by atoms with Crippen molar-refractivity contribution in [2.75, 3.05) is 20.3 Å². The summed E-state index contributed by atoms with van der Waals surface area (Å²) in [7, 11) is 1.61. The van der Waals surface area contributed by atoms with Crippen molar-refractivity contribution >= 4 is 35.1 Å². The molecule has 0 aliphatic carbocycles. The Labute approximate surface area is 149 Å². The van der Waals surface area contributed by atoms with Gasteiger partial charge in [-0.25, -0.2) is 9.07 Å². The third kappa shape index (κ3) is 4.73. The molecule has 0 radical (unpaired) electrons. The fourth-order valence-corrected chi connectivity index (χ4v) is 2.35. The molecule has 24 heavy (non-hydrogen) atoms. The quantitative estimate of drug-likeness (QED) is 0.354. The summed E-state index contributed by atoms with van der Waals surface area (Å²) in [5.41, 5.74) is 4.69. The van der Waals surface area contributed by atoms with Gasteiger partial charge in [0.25, 0.3) is 0 Å². The van der Waals surface area contributed by atoms with Gasteiger partial charge in [-0.3, -0.25) is 5.43 Å². The van der Waals surface area contributed by atoms with Gasteiger partial charge in [0.15, 0.2) is 5.11 Å². The molecule has 0 spiro atoms. The first-order chi connectivity index (χ1) is 11.5. The van der Waals surface area contributed by atoms with Gasteiger partial charge in [0, 0.05) is 13.7 Å². The fourth-order valence-electron chi connectivity index (χ4n) is 1.87. The minimum Gasteiger partial charge on any atom is -0.383 e. The molecule has 1 aromatic carbocycles. The van der Waals surface area contributed by atoms with E-state index in [1.165, 1.54) is 23.0 Å². The number of nitrogens with zero attached hydrogens (tertiary/aromatic N) is 3. The molecule has 6 nitrogen and oxygen atoms in total. The molecule has 0 saturated carbocycles. The van der Waals surface area contributed by atoms with Crippen molar-refractivity contribution in [3.63, 3.8) is 0 Å². The van der Waals surface area contributed by atoms with Gasteiger partial charge < -0.3 is 10.1 Å². The third-order valence-electron chi connectivity index (χ3n) is 3.07. The molecule has 0 amide bonds. The SMILES string of the molecule is COCCNC(=S)N/N=C\c1c(C)nn(-c2ccc(F)cc2)c1Cl. The highest BCUT2D eigenvalue weighted by Crippen LogP contribution is 2.22. The molecule has 2 N–H and O–H groups in total. The van der Waals surface area contributed by atoms with E-state index >= 15 is 0 Å². The molecule has 0 aliphatic rings. The molecular formula is C15H17ClFN5OS. The van der Waals surface area contributed by atoms with Crippen molar-refractivity contribution < 1.29 is 9.13 Å². The molecule has 128 valence electrons. The van der Waals surface area contributed by atoms with E-state index in [4.69, 9.17) is 28.6 Å². The second-order valence-electron chi connectivity index (χ2n) is 4.80. The van der Waals surface area contributed by atoms with Crippen molar-refractivity contribution in [2.24, 2.45) is 5.10 Å². The highest BCUT2D eigenvalue weighted by molar-refractivity contribution is 7.80. The first-order valence-corrected chi connectivity index (χ1v) is 7.88. The number of nitrogens with one attached hydrogen (secondary N) is 2. The highest BCUT2D eigenvalue weighted by atomic mass is 35.5. The minimum absolute atomic E-state index is 0.320. The van der Waals surface area contributed by atoms with Gasteiger partial charge in [0.2, 0.25) is 0 Å². The van der Waals surface area contributed by atoms with E-state index in [9.17, 15) is 4.39 Å². The van der Waals surface area contributed by atoms with Crippen LogP contribution in [0.5, 0.6) is 0 Å². The lowest BCUT2D eigenvalue weighted by Crippen LogP contribution is -2.34. The predicted octanol–water partition coefficient (Wildman–Crippen LogP) is 2.42. The predicted molar refractivity (Wildman–Crippen MR) is 96.5 cm³/mol. The highest BCUT2D eigenvalue weighted by Gasteiger charge is 2.13. The van der Waals surface area contributed by atoms with Crippen LogP contribution in [0.25, 0.3) is 5.69 Å². The van der Waals surface area contributed by atoms with Crippen LogP contribution in [0.2, 0.25) is 5.15 Å². The Kier molecular flexibility index (Phi) is 6.65. The molecule has 1 aromatic heterocycles. The number of thiocarbonyl (C=S) groups is 1. The molecule has 1 heterocycles. The summed E-state index contributed by atoms with van der Waals surface area (Å²) in [4.78, 5) is 0. The number of hydrazone groups is 1. The third-order valence-corrected chi connectivity index (χ3v) is 3.67. The fraction of sp³-hybridized carbons (Fsp3) is 0.267. The summed E-state index contributed by atoms with van der Waals surface area (Å²) < 4.78 is 19.5. The molecule has 2 aromatic rings. The van der Waals surface area contributed by atoms with Crippen LogP contribution in [0.4, 0.5) is 4.39 Å². The summed E-state index contributed by atoms with van der Waals surface area (Å²) in [5.74, 6) is -0.320. The Hall–Kier alpha value is -2.03. The van der Waals surface area contributed by atoms with E-state index in [0.29, 0.717) is 40.4 Å². The summed E-state index contributed by atoms with van der Waals surface area (Å²) >= 11 is 11.4. The van der Waals surface area contributed by atoms with E-state index in [2.05, 4.69) is 20.9 Å². The summed E-state index contributed by atoms with van der Waals surface area (Å²) in [6.07, 6.45) is 1.54. The molecular weight excluding hydrogens is 353 g/mol. The number of hydrogen-bond acceptors (Lipinski definition) is 4. The van der Waals surface area contributed by atoms with Crippen molar-refractivity contribution in [3.8, 4) is 5.69 Å². The van der Waals surface area contributed by atoms with Gasteiger partial charge in [-0.2, -0.15) is 10.2 Å². The normalized spacial score (nSPS) is 11.0. The van der Waals surface area contributed by atoms with Crippen molar-refractivity contribution in [3.05, 3.63) is 46.5 Å². The topological polar surface area (TPSA) is 63.5 Å². The van der Waals surface area contributed by atoms with Gasteiger partial charge in [-0.15, -0.1) is 0 Å². The Morgan fingerprint density at radius 2 is 2.17 bits per heavy atom. The van der Waals surface area contributed by atoms with E-state index in [1.807, 2.05) is 6.92 Å². The molecule has 0 bridgehead atoms. The van der Waals surface area contributed by atoms with Crippen LogP contribution in [0.1, 0.15) is 11.3 Å². The van der Waals surface area contributed by atoms with E-state index in [0.717, 1.165) is 0 Å². The second-order valence-corrected chi connectivity index (χ2v) is 5.56. The second kappa shape index (κ2) is 8.72. The average molecular weight is 370 g/mol. The Bertz CT molecular complexity index is 732. The molecule has 2 rings (SSSR count). The van der Waals surface area contributed by atoms with Gasteiger partial charge >= 0.3 is 0 Å². The van der Waals surface area contributed by atoms with Crippen molar-refractivity contribution in [1.82, 2.24) is 20.5 Å². The van der Waals surface area contributed by atoms with Gasteiger partial charge in [-0.1, -0.05) is 11.6 Å². The van der Waals surface area contributed by atoms with Crippen molar-refractivity contribution in [2.45, 2.75) is 6.92 Å². The van der Waals surface area contributed by atoms with Crippen LogP contribution < -0.4 is 10.7 Å². The molecule has 0 aliphatic heterocycles. The number of aromatic nitrogens is 2. The lowest BCUT2D eigenvalue weighted by atomic mass is 10.3. The zero-order valence-electron chi connectivity index (χ0n) is 13.2. The number of rotatable bonds is 6. The maximum Gasteiger partial charge on any atom is 0.187 e. The van der Waals surface area contributed by atoms with Crippen LogP contribution in [0.15, 0.2) is 29.4 Å². The number of halogens is 2. The molecule has 0 saturated heterocycles. The van der Waals surface area contributed by atoms with E-state index < -0.39 is 0 Å². The zero-order valence-corrected chi connectivity index (χ0v) is 14.8. The monoisotopic (exact) mass is 369 g/mol. The Balaban J connectivity index is 2.07. The first kappa shape index (κ1) is 18.3. The van der Waals surface area contributed by atoms with Crippen LogP contribution in [-0.4, -0.2) is 41.4 Å². The van der Waals surface area contributed by atoms with Gasteiger partial charge in [-0.05, 0) is 43.4 Å². The Morgan fingerprint density at radius 3 is 2.83 bits per heavy atom. The molecule has 0 atom stereocenters. The average Bonchev–Trinajstić information content (AvgIpc) is 2.84. The van der Waals surface area contributed by atoms with Crippen LogP contribution in [0.3, 0.4) is 0 Å². The summed E-state index contributed by atoms with van der Waals surface area (Å²) in [6, 6.07) is 5.90. The van der Waals surface area contributed by atoms with Gasteiger partial charge in [0.05, 0.1) is 29.8 Å². The zero-order chi connectivity index (χ0) is 17.5. The lowest BCUT2D eigenvalue weighted by molar-refractivity contribution is 0.204. The number of ether oxygens (including phenoxy) is 1. The first-order valence-electron chi connectivity index (χ1n) is 7.10.